The Morgan fingerprint density at radius 1 is 1.10 bits per heavy atom. The number of halogens is 1. The van der Waals surface area contributed by atoms with Gasteiger partial charge < -0.3 is 10.0 Å². The number of hydrogen-bond acceptors (Lipinski definition) is 5. The van der Waals surface area contributed by atoms with Gasteiger partial charge in [-0.3, -0.25) is 14.5 Å². The molecule has 1 amide bonds. The molecule has 5 nitrogen and oxygen atoms in total. The van der Waals surface area contributed by atoms with Crippen LogP contribution in [0.1, 0.15) is 22.0 Å². The van der Waals surface area contributed by atoms with Gasteiger partial charge in [0.15, 0.2) is 0 Å². The second-order valence-electron chi connectivity index (χ2n) is 7.56. The van der Waals surface area contributed by atoms with E-state index >= 15 is 0 Å². The van der Waals surface area contributed by atoms with Crippen LogP contribution in [-0.2, 0) is 9.59 Å². The quantitative estimate of drug-likeness (QED) is 0.359. The number of carbonyl (C=O) groups excluding carboxylic acids is 2. The van der Waals surface area contributed by atoms with Crippen molar-refractivity contribution in [1.82, 2.24) is 0 Å². The van der Waals surface area contributed by atoms with Gasteiger partial charge in [0, 0.05) is 35.9 Å². The maximum Gasteiger partial charge on any atom is 0.300 e. The van der Waals surface area contributed by atoms with Crippen LogP contribution in [0.5, 0.6) is 0 Å². The van der Waals surface area contributed by atoms with Crippen LogP contribution in [0, 0.1) is 12.7 Å². The van der Waals surface area contributed by atoms with Crippen molar-refractivity contribution in [3.63, 3.8) is 0 Å². The number of aryl methyl sites for hydroxylation is 1. The molecule has 1 N–H and O–H groups in total. The maximum atomic E-state index is 13.7. The predicted octanol–water partition coefficient (Wildman–Crippen LogP) is 4.89. The number of thiophene rings is 1. The monoisotopic (exact) mass is 436 g/mol. The highest BCUT2D eigenvalue weighted by Gasteiger charge is 2.47. The lowest BCUT2D eigenvalue weighted by atomic mass is 9.98. The van der Waals surface area contributed by atoms with Gasteiger partial charge in [-0.1, -0.05) is 6.07 Å². The van der Waals surface area contributed by atoms with Crippen molar-refractivity contribution in [2.24, 2.45) is 0 Å². The van der Waals surface area contributed by atoms with Crippen LogP contribution in [0.4, 0.5) is 15.8 Å². The molecule has 1 aromatic heterocycles. The molecule has 0 spiro atoms. The normalized spacial score (nSPS) is 17.9. The summed E-state index contributed by atoms with van der Waals surface area (Å²) in [6.45, 7) is 1.58. The smallest absolute Gasteiger partial charge is 0.300 e. The van der Waals surface area contributed by atoms with Gasteiger partial charge in [-0.05, 0) is 66.4 Å². The number of benzene rings is 2. The zero-order valence-corrected chi connectivity index (χ0v) is 18.1. The second-order valence-corrected chi connectivity index (χ2v) is 8.54. The molecule has 0 bridgehead atoms. The number of amides is 1. The molecule has 4 rings (SSSR count). The van der Waals surface area contributed by atoms with Gasteiger partial charge >= 0.3 is 0 Å². The first-order valence-electron chi connectivity index (χ1n) is 9.68. The number of Topliss-reactive ketones (excluding diaryl/α,β-unsaturated/α-hetero) is 1. The van der Waals surface area contributed by atoms with E-state index in [9.17, 15) is 19.1 Å². The van der Waals surface area contributed by atoms with E-state index in [1.807, 2.05) is 48.6 Å². The fraction of sp³-hybridized carbons (Fsp3) is 0.167. The Balaban J connectivity index is 1.88. The number of hydrogen-bond donors (Lipinski definition) is 1. The van der Waals surface area contributed by atoms with Gasteiger partial charge in [-0.15, -0.1) is 11.3 Å². The van der Waals surface area contributed by atoms with E-state index in [0.29, 0.717) is 16.8 Å². The molecule has 1 unspecified atom stereocenters. The van der Waals surface area contributed by atoms with Crippen molar-refractivity contribution in [3.05, 3.63) is 87.4 Å². The maximum absolute atomic E-state index is 13.7. The number of rotatable bonds is 4. The first-order valence-corrected chi connectivity index (χ1v) is 10.6. The first kappa shape index (κ1) is 20.8. The summed E-state index contributed by atoms with van der Waals surface area (Å²) in [6.07, 6.45) is 0. The van der Waals surface area contributed by atoms with E-state index in [1.54, 1.807) is 19.1 Å². The molecule has 1 fully saturated rings. The molecule has 3 aromatic rings. The van der Waals surface area contributed by atoms with Crippen LogP contribution in [0.25, 0.3) is 5.76 Å². The van der Waals surface area contributed by atoms with Crippen LogP contribution < -0.4 is 9.80 Å². The average molecular weight is 437 g/mol. The third-order valence-electron chi connectivity index (χ3n) is 5.33. The number of nitrogens with zero attached hydrogens (tertiary/aromatic N) is 2. The first-order chi connectivity index (χ1) is 14.8. The standard InChI is InChI=1S/C24H21FN2O3S/c1-14-13-15(6-11-18(14)25)22(28)20-21(19-5-4-12-31-19)27(24(30)23(20)29)17-9-7-16(8-10-17)26(2)3/h4-13,21,28H,1-3H3/b22-20-. The highest BCUT2D eigenvalue weighted by atomic mass is 32.1. The fourth-order valence-corrected chi connectivity index (χ4v) is 4.50. The van der Waals surface area contributed by atoms with E-state index in [-0.39, 0.29) is 11.3 Å². The van der Waals surface area contributed by atoms with Crippen LogP contribution in [-0.4, -0.2) is 30.9 Å². The van der Waals surface area contributed by atoms with Crippen molar-refractivity contribution >= 4 is 40.2 Å². The van der Waals surface area contributed by atoms with Crippen molar-refractivity contribution in [3.8, 4) is 0 Å². The van der Waals surface area contributed by atoms with Gasteiger partial charge in [0.05, 0.1) is 5.57 Å². The van der Waals surface area contributed by atoms with Gasteiger partial charge in [0.1, 0.15) is 17.6 Å². The largest absolute Gasteiger partial charge is 0.507 e. The van der Waals surface area contributed by atoms with Crippen molar-refractivity contribution in [1.29, 1.82) is 0 Å². The molecule has 2 aromatic carbocycles. The second kappa shape index (κ2) is 8.00. The molecule has 0 radical (unpaired) electrons. The topological polar surface area (TPSA) is 60.9 Å². The number of carbonyl (C=O) groups is 2. The Kier molecular flexibility index (Phi) is 5.37. The van der Waals surface area contributed by atoms with Gasteiger partial charge in [0.2, 0.25) is 0 Å². The minimum absolute atomic E-state index is 0.00450. The Hall–Kier alpha value is -3.45. The van der Waals surface area contributed by atoms with E-state index in [0.717, 1.165) is 10.6 Å². The lowest BCUT2D eigenvalue weighted by Gasteiger charge is -2.25. The van der Waals surface area contributed by atoms with Crippen LogP contribution in [0.2, 0.25) is 0 Å². The number of ketones is 1. The molecule has 0 saturated carbocycles. The molecule has 158 valence electrons. The molecular weight excluding hydrogens is 415 g/mol. The lowest BCUT2D eigenvalue weighted by Crippen LogP contribution is -2.29. The van der Waals surface area contributed by atoms with Crippen molar-refractivity contribution < 1.29 is 19.1 Å². The molecule has 7 heteroatoms. The zero-order valence-electron chi connectivity index (χ0n) is 17.3. The average Bonchev–Trinajstić information content (AvgIpc) is 3.37. The Morgan fingerprint density at radius 2 is 1.81 bits per heavy atom. The highest BCUT2D eigenvalue weighted by Crippen LogP contribution is 2.43. The zero-order chi connectivity index (χ0) is 22.3. The molecular formula is C24H21FN2O3S. The number of anilines is 2. The molecule has 1 aliphatic heterocycles. The van der Waals surface area contributed by atoms with Crippen LogP contribution in [0.15, 0.2) is 65.6 Å². The van der Waals surface area contributed by atoms with Crippen LogP contribution >= 0.6 is 11.3 Å². The van der Waals surface area contributed by atoms with E-state index in [1.165, 1.54) is 34.4 Å². The Labute approximate surface area is 183 Å². The fourth-order valence-electron chi connectivity index (χ4n) is 3.67. The molecule has 31 heavy (non-hydrogen) atoms. The minimum atomic E-state index is -0.769. The third-order valence-corrected chi connectivity index (χ3v) is 6.26. The molecule has 2 heterocycles. The summed E-state index contributed by atoms with van der Waals surface area (Å²) in [5, 5.41) is 12.9. The molecule has 0 aliphatic carbocycles. The highest BCUT2D eigenvalue weighted by molar-refractivity contribution is 7.10. The summed E-state index contributed by atoms with van der Waals surface area (Å²) >= 11 is 1.39. The summed E-state index contributed by atoms with van der Waals surface area (Å²) in [4.78, 5) is 30.2. The van der Waals surface area contributed by atoms with Gasteiger partial charge in [-0.25, -0.2) is 4.39 Å². The number of aliphatic hydroxyl groups excluding tert-OH is 1. The summed E-state index contributed by atoms with van der Waals surface area (Å²) in [5.74, 6) is -2.20. The summed E-state index contributed by atoms with van der Waals surface area (Å²) in [6, 6.07) is 14.3. The van der Waals surface area contributed by atoms with Crippen LogP contribution in [0.3, 0.4) is 0 Å². The number of aliphatic hydroxyl groups is 1. The summed E-state index contributed by atoms with van der Waals surface area (Å²) < 4.78 is 13.7. The molecule has 1 saturated heterocycles. The summed E-state index contributed by atoms with van der Waals surface area (Å²) in [5.41, 5.74) is 2.14. The molecule has 1 aliphatic rings. The minimum Gasteiger partial charge on any atom is -0.507 e. The van der Waals surface area contributed by atoms with Gasteiger partial charge in [0.25, 0.3) is 11.7 Å². The predicted molar refractivity (Wildman–Crippen MR) is 121 cm³/mol. The summed E-state index contributed by atoms with van der Waals surface area (Å²) in [7, 11) is 3.83. The van der Waals surface area contributed by atoms with E-state index in [2.05, 4.69) is 0 Å². The van der Waals surface area contributed by atoms with E-state index < -0.39 is 23.5 Å². The van der Waals surface area contributed by atoms with Crippen molar-refractivity contribution in [2.75, 3.05) is 23.9 Å². The van der Waals surface area contributed by atoms with E-state index in [4.69, 9.17) is 0 Å². The third kappa shape index (κ3) is 3.61. The Morgan fingerprint density at radius 3 is 2.39 bits per heavy atom. The van der Waals surface area contributed by atoms with Gasteiger partial charge in [-0.2, -0.15) is 0 Å². The SMILES string of the molecule is Cc1cc(/C(O)=C2/C(=O)C(=O)N(c3ccc(N(C)C)cc3)C2c2cccs2)ccc1F. The Bertz CT molecular complexity index is 1180. The lowest BCUT2D eigenvalue weighted by molar-refractivity contribution is -0.132. The molecule has 1 atom stereocenters. The van der Waals surface area contributed by atoms with Crippen molar-refractivity contribution in [2.45, 2.75) is 13.0 Å².